The van der Waals surface area contributed by atoms with E-state index in [-0.39, 0.29) is 23.7 Å². The molecular weight excluding hydrogens is 261 g/mol. The number of nitrogens with one attached hydrogen (secondary N) is 2. The molecule has 102 valence electrons. The number of halogens is 1. The maximum Gasteiger partial charge on any atom is 0.296 e. The van der Waals surface area contributed by atoms with Crippen LogP contribution < -0.4 is 10.9 Å². The third kappa shape index (κ3) is 2.27. The number of para-hydroxylation sites is 1. The molecule has 0 aliphatic carbocycles. The number of nitrogens with zero attached hydrogens (tertiary/aromatic N) is 1. The van der Waals surface area contributed by atoms with E-state index < -0.39 is 5.82 Å². The minimum absolute atomic E-state index is 0.105. The number of anilines is 1. The summed E-state index contributed by atoms with van der Waals surface area (Å²) in [4.78, 5) is 18.4. The Morgan fingerprint density at radius 2 is 2.30 bits per heavy atom. The summed E-state index contributed by atoms with van der Waals surface area (Å²) >= 11 is 0. The van der Waals surface area contributed by atoms with Gasteiger partial charge in [-0.2, -0.15) is 4.98 Å². The first kappa shape index (κ1) is 12.4. The SMILES string of the molecule is Cc1c[nH]c(=O)c(CNc2nc3cccc(F)c3o2)c1. The normalized spacial score (nSPS) is 10.9. The first-order valence-electron chi connectivity index (χ1n) is 6.10. The molecule has 0 bridgehead atoms. The molecule has 2 aromatic heterocycles. The van der Waals surface area contributed by atoms with Crippen LogP contribution in [0.1, 0.15) is 11.1 Å². The molecule has 0 amide bonds. The summed E-state index contributed by atoms with van der Waals surface area (Å²) in [6, 6.07) is 6.49. The standard InChI is InChI=1S/C14H12FN3O2/c1-8-5-9(13(19)16-6-8)7-17-14-18-11-4-2-3-10(15)12(11)20-14/h2-6H,7H2,1H3,(H,16,19)(H,17,18). The number of aromatic amines is 1. The van der Waals surface area contributed by atoms with E-state index in [1.165, 1.54) is 6.07 Å². The zero-order chi connectivity index (χ0) is 14.1. The van der Waals surface area contributed by atoms with Crippen molar-refractivity contribution < 1.29 is 8.81 Å². The second kappa shape index (κ2) is 4.80. The first-order valence-corrected chi connectivity index (χ1v) is 6.10. The second-order valence-corrected chi connectivity index (χ2v) is 4.49. The van der Waals surface area contributed by atoms with Crippen molar-refractivity contribution >= 4 is 17.1 Å². The predicted molar refractivity (Wildman–Crippen MR) is 73.1 cm³/mol. The zero-order valence-electron chi connectivity index (χ0n) is 10.7. The highest BCUT2D eigenvalue weighted by atomic mass is 19.1. The Balaban J connectivity index is 1.85. The number of aryl methyl sites for hydroxylation is 1. The molecule has 2 heterocycles. The van der Waals surface area contributed by atoms with Crippen LogP contribution in [0.15, 0.2) is 39.7 Å². The maximum atomic E-state index is 13.5. The van der Waals surface area contributed by atoms with Crippen molar-refractivity contribution in [2.75, 3.05) is 5.32 Å². The molecule has 6 heteroatoms. The lowest BCUT2D eigenvalue weighted by Gasteiger charge is -2.01. The lowest BCUT2D eigenvalue weighted by molar-refractivity contribution is 0.562. The summed E-state index contributed by atoms with van der Waals surface area (Å²) in [6.07, 6.45) is 1.64. The quantitative estimate of drug-likeness (QED) is 0.769. The molecule has 20 heavy (non-hydrogen) atoms. The summed E-state index contributed by atoms with van der Waals surface area (Å²) in [5.74, 6) is -0.462. The van der Waals surface area contributed by atoms with E-state index in [9.17, 15) is 9.18 Å². The Morgan fingerprint density at radius 3 is 3.10 bits per heavy atom. The van der Waals surface area contributed by atoms with Gasteiger partial charge >= 0.3 is 0 Å². The first-order chi connectivity index (χ1) is 9.63. The lowest BCUT2D eigenvalue weighted by atomic mass is 10.2. The van der Waals surface area contributed by atoms with Gasteiger partial charge in [-0.25, -0.2) is 4.39 Å². The van der Waals surface area contributed by atoms with Crippen LogP contribution in [-0.4, -0.2) is 9.97 Å². The van der Waals surface area contributed by atoms with Crippen molar-refractivity contribution in [3.05, 3.63) is 57.8 Å². The average molecular weight is 273 g/mol. The minimum atomic E-state index is -0.462. The largest absolute Gasteiger partial charge is 0.420 e. The van der Waals surface area contributed by atoms with Crippen LogP contribution in [0.2, 0.25) is 0 Å². The van der Waals surface area contributed by atoms with Crippen LogP contribution in [-0.2, 0) is 6.54 Å². The number of H-pyrrole nitrogens is 1. The van der Waals surface area contributed by atoms with Gasteiger partial charge in [0.15, 0.2) is 11.4 Å². The fourth-order valence-corrected chi connectivity index (χ4v) is 1.95. The summed E-state index contributed by atoms with van der Waals surface area (Å²) in [7, 11) is 0. The van der Waals surface area contributed by atoms with Crippen molar-refractivity contribution in [3.8, 4) is 0 Å². The molecule has 0 aliphatic rings. The van der Waals surface area contributed by atoms with Crippen molar-refractivity contribution in [1.82, 2.24) is 9.97 Å². The molecule has 3 aromatic rings. The molecule has 5 nitrogen and oxygen atoms in total. The van der Waals surface area contributed by atoms with Gasteiger partial charge in [0.25, 0.3) is 11.6 Å². The van der Waals surface area contributed by atoms with Gasteiger partial charge in [-0.05, 0) is 30.7 Å². The Morgan fingerprint density at radius 1 is 1.45 bits per heavy atom. The molecule has 0 atom stereocenters. The molecule has 3 rings (SSSR count). The fraction of sp³-hybridized carbons (Fsp3) is 0.143. The number of pyridine rings is 1. The Kier molecular flexibility index (Phi) is 2.98. The van der Waals surface area contributed by atoms with E-state index >= 15 is 0 Å². The Labute approximate surface area is 113 Å². The maximum absolute atomic E-state index is 13.5. The van der Waals surface area contributed by atoms with Gasteiger partial charge in [-0.3, -0.25) is 4.79 Å². The molecule has 0 fully saturated rings. The van der Waals surface area contributed by atoms with E-state index in [4.69, 9.17) is 4.42 Å². The predicted octanol–water partition coefficient (Wildman–Crippen LogP) is 2.58. The van der Waals surface area contributed by atoms with Gasteiger partial charge in [-0.15, -0.1) is 0 Å². The average Bonchev–Trinajstić information content (AvgIpc) is 2.84. The molecule has 1 aromatic carbocycles. The molecule has 0 saturated heterocycles. The number of hydrogen-bond donors (Lipinski definition) is 2. The number of rotatable bonds is 3. The number of aromatic nitrogens is 2. The molecule has 0 radical (unpaired) electrons. The van der Waals surface area contributed by atoms with Crippen molar-refractivity contribution in [1.29, 1.82) is 0 Å². The molecule has 2 N–H and O–H groups in total. The number of benzene rings is 1. The van der Waals surface area contributed by atoms with E-state index in [0.717, 1.165) is 5.56 Å². The van der Waals surface area contributed by atoms with Crippen LogP contribution in [0.4, 0.5) is 10.4 Å². The van der Waals surface area contributed by atoms with Crippen LogP contribution in [0, 0.1) is 12.7 Å². The van der Waals surface area contributed by atoms with Crippen LogP contribution in [0.3, 0.4) is 0 Å². The van der Waals surface area contributed by atoms with Crippen molar-refractivity contribution in [2.24, 2.45) is 0 Å². The van der Waals surface area contributed by atoms with Gasteiger partial charge in [0, 0.05) is 18.3 Å². The monoisotopic (exact) mass is 273 g/mol. The second-order valence-electron chi connectivity index (χ2n) is 4.49. The van der Waals surface area contributed by atoms with Crippen molar-refractivity contribution in [2.45, 2.75) is 13.5 Å². The summed E-state index contributed by atoms with van der Waals surface area (Å²) in [5, 5.41) is 2.88. The van der Waals surface area contributed by atoms with Crippen molar-refractivity contribution in [3.63, 3.8) is 0 Å². The van der Waals surface area contributed by atoms with Crippen LogP contribution in [0.5, 0.6) is 0 Å². The molecule has 0 spiro atoms. The zero-order valence-corrected chi connectivity index (χ0v) is 10.7. The topological polar surface area (TPSA) is 70.9 Å². The molecule has 0 saturated carbocycles. The highest BCUT2D eigenvalue weighted by Crippen LogP contribution is 2.21. The summed E-state index contributed by atoms with van der Waals surface area (Å²) < 4.78 is 18.7. The van der Waals surface area contributed by atoms with Crippen LogP contribution in [0.25, 0.3) is 11.1 Å². The fourth-order valence-electron chi connectivity index (χ4n) is 1.95. The summed E-state index contributed by atoms with van der Waals surface area (Å²) in [6.45, 7) is 2.14. The van der Waals surface area contributed by atoms with E-state index in [0.29, 0.717) is 11.1 Å². The smallest absolute Gasteiger partial charge is 0.296 e. The van der Waals surface area contributed by atoms with E-state index in [2.05, 4.69) is 15.3 Å². The van der Waals surface area contributed by atoms with E-state index in [1.807, 2.05) is 6.92 Å². The third-order valence-corrected chi connectivity index (χ3v) is 2.92. The van der Waals surface area contributed by atoms with Gasteiger partial charge in [0.05, 0.1) is 0 Å². The van der Waals surface area contributed by atoms with Crippen LogP contribution >= 0.6 is 0 Å². The highest BCUT2D eigenvalue weighted by Gasteiger charge is 2.09. The Bertz CT molecular complexity index is 823. The number of fused-ring (bicyclic) bond motifs is 1. The lowest BCUT2D eigenvalue weighted by Crippen LogP contribution is -2.15. The third-order valence-electron chi connectivity index (χ3n) is 2.92. The molecule has 0 aliphatic heterocycles. The number of hydrogen-bond acceptors (Lipinski definition) is 4. The van der Waals surface area contributed by atoms with Gasteiger partial charge in [0.1, 0.15) is 5.52 Å². The number of oxazole rings is 1. The van der Waals surface area contributed by atoms with Gasteiger partial charge in [-0.1, -0.05) is 6.07 Å². The highest BCUT2D eigenvalue weighted by molar-refractivity contribution is 5.74. The van der Waals surface area contributed by atoms with Gasteiger partial charge in [0.2, 0.25) is 0 Å². The Hall–Kier alpha value is -2.63. The van der Waals surface area contributed by atoms with E-state index in [1.54, 1.807) is 24.4 Å². The van der Waals surface area contributed by atoms with Gasteiger partial charge < -0.3 is 14.7 Å². The minimum Gasteiger partial charge on any atom is -0.420 e. The molecular formula is C14H12FN3O2. The molecule has 0 unspecified atom stereocenters. The summed E-state index contributed by atoms with van der Waals surface area (Å²) in [5.41, 5.74) is 1.88.